The Morgan fingerprint density at radius 3 is 2.74 bits per heavy atom. The highest BCUT2D eigenvalue weighted by Crippen LogP contribution is 2.46. The molecule has 1 amide bonds. The molecular weight excluding hydrogens is 473 g/mol. The first-order valence-electron chi connectivity index (χ1n) is 12.3. The number of halogens is 2. The number of piperazine rings is 2. The highest BCUT2D eigenvalue weighted by atomic mass is 35.5. The van der Waals surface area contributed by atoms with E-state index in [0.29, 0.717) is 43.6 Å². The van der Waals surface area contributed by atoms with Crippen molar-refractivity contribution < 1.29 is 19.0 Å². The Bertz CT molecular complexity index is 1160. The first kappa shape index (κ1) is 22.8. The van der Waals surface area contributed by atoms with Gasteiger partial charge >= 0.3 is 0 Å². The minimum Gasteiger partial charge on any atom is -0.507 e. The van der Waals surface area contributed by atoms with E-state index in [4.69, 9.17) is 21.3 Å². The highest BCUT2D eigenvalue weighted by Gasteiger charge is 2.41. The smallest absolute Gasteiger partial charge is 0.261 e. The van der Waals surface area contributed by atoms with Crippen molar-refractivity contribution in [2.24, 2.45) is 0 Å². The molecule has 1 saturated carbocycles. The maximum atomic E-state index is 14.9. The van der Waals surface area contributed by atoms with Gasteiger partial charge in [-0.15, -0.1) is 0 Å². The van der Waals surface area contributed by atoms with Crippen LogP contribution in [0.5, 0.6) is 11.5 Å². The number of rotatable bonds is 3. The normalized spacial score (nSPS) is 25.1. The average molecular weight is 502 g/mol. The lowest BCUT2D eigenvalue weighted by atomic mass is 10.0. The standard InChI is InChI=1S/C25H29ClFN5O3/c1-14-12-30(15-5-6-15)9-10-31(14)24-20-23(35-13-16-11-28-7-8-32(16)25(20)34)21(26)22(29-24)19-17(27)3-2-4-18(19)33/h2-4,14-16,28,33H,5-13H2,1H3/t14-,16?/m0/s1. The summed E-state index contributed by atoms with van der Waals surface area (Å²) >= 11 is 6.78. The molecule has 3 aliphatic heterocycles. The Balaban J connectivity index is 1.52. The van der Waals surface area contributed by atoms with Gasteiger partial charge in [0.25, 0.3) is 5.91 Å². The van der Waals surface area contributed by atoms with Gasteiger partial charge in [0.2, 0.25) is 0 Å². The van der Waals surface area contributed by atoms with Crippen LogP contribution in [0.15, 0.2) is 18.2 Å². The molecule has 10 heteroatoms. The van der Waals surface area contributed by atoms with Crippen LogP contribution >= 0.6 is 11.6 Å². The Morgan fingerprint density at radius 1 is 1.17 bits per heavy atom. The average Bonchev–Trinajstić information content (AvgIpc) is 3.70. The van der Waals surface area contributed by atoms with Crippen LogP contribution in [0.1, 0.15) is 30.1 Å². The zero-order valence-electron chi connectivity index (χ0n) is 19.6. The molecule has 35 heavy (non-hydrogen) atoms. The molecule has 2 N–H and O–H groups in total. The molecule has 4 aliphatic rings. The largest absolute Gasteiger partial charge is 0.507 e. The number of amides is 1. The summed E-state index contributed by atoms with van der Waals surface area (Å²) < 4.78 is 21.1. The van der Waals surface area contributed by atoms with E-state index in [1.807, 2.05) is 4.90 Å². The van der Waals surface area contributed by atoms with Crippen LogP contribution in [0, 0.1) is 5.82 Å². The molecule has 1 aromatic heterocycles. The summed E-state index contributed by atoms with van der Waals surface area (Å²) in [5, 5.41) is 13.9. The molecule has 2 aromatic rings. The number of hydrogen-bond donors (Lipinski definition) is 2. The summed E-state index contributed by atoms with van der Waals surface area (Å²) in [4.78, 5) is 25.1. The molecule has 3 fully saturated rings. The number of phenolic OH excluding ortho intramolecular Hbond substituents is 1. The number of carbonyl (C=O) groups is 1. The lowest BCUT2D eigenvalue weighted by molar-refractivity contribution is 0.0606. The third-order valence-electron chi connectivity index (χ3n) is 7.54. The van der Waals surface area contributed by atoms with Gasteiger partial charge < -0.3 is 25.0 Å². The predicted octanol–water partition coefficient (Wildman–Crippen LogP) is 2.73. The van der Waals surface area contributed by atoms with E-state index in [0.717, 1.165) is 13.1 Å². The van der Waals surface area contributed by atoms with Crippen LogP contribution in [0.4, 0.5) is 10.2 Å². The number of phenols is 1. The molecule has 1 aliphatic carbocycles. The summed E-state index contributed by atoms with van der Waals surface area (Å²) in [5.41, 5.74) is 0.315. The van der Waals surface area contributed by atoms with Crippen molar-refractivity contribution in [3.8, 4) is 22.8 Å². The van der Waals surface area contributed by atoms with Crippen molar-refractivity contribution in [1.29, 1.82) is 0 Å². The second kappa shape index (κ2) is 8.80. The molecular formula is C25H29ClFN5O3. The molecule has 8 nitrogen and oxygen atoms in total. The topological polar surface area (TPSA) is 81.2 Å². The summed E-state index contributed by atoms with van der Waals surface area (Å²) in [7, 11) is 0. The van der Waals surface area contributed by atoms with Crippen LogP contribution < -0.4 is 15.0 Å². The lowest BCUT2D eigenvalue weighted by Gasteiger charge is -2.42. The van der Waals surface area contributed by atoms with Crippen LogP contribution in [0.2, 0.25) is 5.02 Å². The van der Waals surface area contributed by atoms with Gasteiger partial charge in [0, 0.05) is 51.4 Å². The van der Waals surface area contributed by atoms with Gasteiger partial charge in [0.05, 0.1) is 11.6 Å². The zero-order valence-corrected chi connectivity index (χ0v) is 20.4. The number of hydrogen-bond acceptors (Lipinski definition) is 7. The lowest BCUT2D eigenvalue weighted by Crippen LogP contribution is -2.55. The van der Waals surface area contributed by atoms with E-state index in [-0.39, 0.29) is 52.4 Å². The third kappa shape index (κ3) is 3.90. The first-order chi connectivity index (χ1) is 16.9. The number of aromatic hydroxyl groups is 1. The van der Waals surface area contributed by atoms with Gasteiger partial charge in [-0.05, 0) is 31.9 Å². The Kier molecular flexibility index (Phi) is 5.74. The molecule has 2 saturated heterocycles. The second-order valence-electron chi connectivity index (χ2n) is 9.87. The summed E-state index contributed by atoms with van der Waals surface area (Å²) in [6, 6.07) is 4.68. The maximum Gasteiger partial charge on any atom is 0.261 e. The van der Waals surface area contributed by atoms with Gasteiger partial charge in [-0.3, -0.25) is 9.69 Å². The molecule has 2 atom stereocenters. The monoisotopic (exact) mass is 501 g/mol. The molecule has 1 unspecified atom stereocenters. The van der Waals surface area contributed by atoms with Crippen molar-refractivity contribution in [2.75, 3.05) is 50.8 Å². The SMILES string of the molecule is C[C@H]1CN(C2CC2)CCN1c1nc(-c2c(O)cccc2F)c(Cl)c2c1C(=O)N1CCNCC1CO2. The summed E-state index contributed by atoms with van der Waals surface area (Å²) in [5.74, 6) is -0.425. The molecule has 0 spiro atoms. The van der Waals surface area contributed by atoms with E-state index in [1.165, 1.54) is 31.0 Å². The minimum absolute atomic E-state index is 0.0366. The van der Waals surface area contributed by atoms with Crippen LogP contribution in [0.25, 0.3) is 11.3 Å². The zero-order chi connectivity index (χ0) is 24.3. The van der Waals surface area contributed by atoms with E-state index >= 15 is 0 Å². The second-order valence-corrected chi connectivity index (χ2v) is 10.3. The number of benzene rings is 1. The van der Waals surface area contributed by atoms with E-state index < -0.39 is 5.82 Å². The molecule has 1 aromatic carbocycles. The van der Waals surface area contributed by atoms with Crippen LogP contribution in [-0.4, -0.2) is 89.8 Å². The molecule has 4 heterocycles. The Hall–Kier alpha value is -2.62. The maximum absolute atomic E-state index is 14.9. The van der Waals surface area contributed by atoms with Gasteiger partial charge in [-0.2, -0.15) is 0 Å². The number of fused-ring (bicyclic) bond motifs is 2. The minimum atomic E-state index is -0.640. The molecule has 6 rings (SSSR count). The van der Waals surface area contributed by atoms with Crippen molar-refractivity contribution in [2.45, 2.75) is 37.9 Å². The Morgan fingerprint density at radius 2 is 2.00 bits per heavy atom. The van der Waals surface area contributed by atoms with Crippen LogP contribution in [0.3, 0.4) is 0 Å². The number of aromatic nitrogens is 1. The van der Waals surface area contributed by atoms with Crippen LogP contribution in [-0.2, 0) is 0 Å². The quantitative estimate of drug-likeness (QED) is 0.669. The first-order valence-corrected chi connectivity index (χ1v) is 12.7. The van der Waals surface area contributed by atoms with Crippen molar-refractivity contribution in [3.63, 3.8) is 0 Å². The fraction of sp³-hybridized carbons (Fsp3) is 0.520. The highest BCUT2D eigenvalue weighted by molar-refractivity contribution is 6.35. The predicted molar refractivity (Wildman–Crippen MR) is 131 cm³/mol. The van der Waals surface area contributed by atoms with Crippen molar-refractivity contribution >= 4 is 23.3 Å². The number of carbonyl (C=O) groups excluding carboxylic acids is 1. The van der Waals surface area contributed by atoms with E-state index in [1.54, 1.807) is 0 Å². The van der Waals surface area contributed by atoms with Gasteiger partial charge in [0.15, 0.2) is 5.75 Å². The van der Waals surface area contributed by atoms with Crippen molar-refractivity contribution in [3.05, 3.63) is 34.6 Å². The summed E-state index contributed by atoms with van der Waals surface area (Å²) in [6.07, 6.45) is 2.46. The number of anilines is 1. The van der Waals surface area contributed by atoms with Gasteiger partial charge in [-0.25, -0.2) is 9.37 Å². The van der Waals surface area contributed by atoms with Gasteiger partial charge in [0.1, 0.15) is 40.3 Å². The molecule has 0 radical (unpaired) electrons. The third-order valence-corrected chi connectivity index (χ3v) is 7.89. The van der Waals surface area contributed by atoms with E-state index in [2.05, 4.69) is 22.0 Å². The number of ether oxygens (including phenoxy) is 1. The van der Waals surface area contributed by atoms with Gasteiger partial charge in [-0.1, -0.05) is 17.7 Å². The molecule has 186 valence electrons. The number of nitrogens with one attached hydrogen (secondary N) is 1. The van der Waals surface area contributed by atoms with E-state index in [9.17, 15) is 14.3 Å². The Labute approximate surface area is 208 Å². The fourth-order valence-electron chi connectivity index (χ4n) is 5.55. The van der Waals surface area contributed by atoms with Crippen molar-refractivity contribution in [1.82, 2.24) is 20.1 Å². The summed E-state index contributed by atoms with van der Waals surface area (Å²) in [6.45, 7) is 6.66. The fourth-order valence-corrected chi connectivity index (χ4v) is 5.84. The number of pyridine rings is 1. The molecule has 0 bridgehead atoms. The number of nitrogens with zero attached hydrogens (tertiary/aromatic N) is 4.